The summed E-state index contributed by atoms with van der Waals surface area (Å²) >= 11 is 5.96. The number of hydrogen-bond acceptors (Lipinski definition) is 1. The summed E-state index contributed by atoms with van der Waals surface area (Å²) in [4.78, 5) is 0. The number of nitrogens with zero attached hydrogens (tertiary/aromatic N) is 1. The lowest BCUT2D eigenvalue weighted by Gasteiger charge is -2.09. The van der Waals surface area contributed by atoms with E-state index in [2.05, 4.69) is 23.5 Å². The summed E-state index contributed by atoms with van der Waals surface area (Å²) < 4.78 is 15.9. The normalized spacial score (nSPS) is 11.2. The molecule has 0 fully saturated rings. The molecule has 0 aliphatic carbocycles. The first-order valence-corrected chi connectivity index (χ1v) is 7.21. The molecule has 3 aromatic rings. The molecular weight excluding hydrogens is 287 g/mol. The van der Waals surface area contributed by atoms with E-state index in [1.54, 1.807) is 12.1 Å². The predicted molar refractivity (Wildman–Crippen MR) is 85.2 cm³/mol. The van der Waals surface area contributed by atoms with E-state index in [4.69, 9.17) is 11.6 Å². The maximum absolute atomic E-state index is 13.9. The van der Waals surface area contributed by atoms with Gasteiger partial charge in [-0.25, -0.2) is 4.39 Å². The van der Waals surface area contributed by atoms with Gasteiger partial charge in [-0.05, 0) is 48.3 Å². The second-order valence-corrected chi connectivity index (χ2v) is 5.54. The van der Waals surface area contributed by atoms with Gasteiger partial charge in [0.25, 0.3) is 0 Å². The third kappa shape index (κ3) is 2.94. The second kappa shape index (κ2) is 5.88. The van der Waals surface area contributed by atoms with Crippen LogP contribution in [-0.2, 0) is 13.1 Å². The Morgan fingerprint density at radius 1 is 1.14 bits per heavy atom. The molecular formula is C17H16ClFN2. The van der Waals surface area contributed by atoms with Crippen LogP contribution in [0.5, 0.6) is 0 Å². The van der Waals surface area contributed by atoms with Gasteiger partial charge in [-0.1, -0.05) is 23.7 Å². The second-order valence-electron chi connectivity index (χ2n) is 5.10. The van der Waals surface area contributed by atoms with Crippen LogP contribution in [0.3, 0.4) is 0 Å². The fourth-order valence-electron chi connectivity index (χ4n) is 2.53. The Morgan fingerprint density at radius 2 is 2.00 bits per heavy atom. The Morgan fingerprint density at radius 3 is 2.81 bits per heavy atom. The highest BCUT2D eigenvalue weighted by Gasteiger charge is 2.07. The smallest absolute Gasteiger partial charge is 0.128 e. The molecule has 0 saturated carbocycles. The van der Waals surface area contributed by atoms with Crippen molar-refractivity contribution in [3.05, 3.63) is 70.6 Å². The Kier molecular flexibility index (Phi) is 3.95. The van der Waals surface area contributed by atoms with E-state index < -0.39 is 0 Å². The molecule has 0 saturated heterocycles. The zero-order valence-corrected chi connectivity index (χ0v) is 12.5. The van der Waals surface area contributed by atoms with Crippen molar-refractivity contribution in [3.8, 4) is 0 Å². The quantitative estimate of drug-likeness (QED) is 0.764. The molecule has 1 N–H and O–H groups in total. The van der Waals surface area contributed by atoms with Crippen molar-refractivity contribution < 1.29 is 4.39 Å². The molecule has 0 unspecified atom stereocenters. The topological polar surface area (TPSA) is 17.0 Å². The Labute approximate surface area is 128 Å². The summed E-state index contributed by atoms with van der Waals surface area (Å²) in [6.07, 6.45) is 1.98. The molecule has 4 heteroatoms. The summed E-state index contributed by atoms with van der Waals surface area (Å²) in [5.74, 6) is -0.229. The van der Waals surface area contributed by atoms with Crippen LogP contribution in [0.1, 0.15) is 11.1 Å². The molecule has 0 bridgehead atoms. The predicted octanol–water partition coefficient (Wildman–Crippen LogP) is 4.20. The van der Waals surface area contributed by atoms with Crippen LogP contribution in [0.2, 0.25) is 5.02 Å². The number of hydrogen-bond donors (Lipinski definition) is 1. The zero-order valence-electron chi connectivity index (χ0n) is 11.7. The highest BCUT2D eigenvalue weighted by Crippen LogP contribution is 2.21. The molecule has 108 valence electrons. The third-order valence-corrected chi connectivity index (χ3v) is 3.80. The van der Waals surface area contributed by atoms with Crippen molar-refractivity contribution in [2.45, 2.75) is 13.1 Å². The Hall–Kier alpha value is -1.84. The molecule has 0 atom stereocenters. The molecule has 0 amide bonds. The van der Waals surface area contributed by atoms with Crippen LogP contribution < -0.4 is 5.32 Å². The van der Waals surface area contributed by atoms with E-state index in [9.17, 15) is 4.39 Å². The summed E-state index contributed by atoms with van der Waals surface area (Å²) in [5, 5.41) is 4.84. The van der Waals surface area contributed by atoms with E-state index in [1.807, 2.05) is 23.9 Å². The minimum absolute atomic E-state index is 0.229. The first-order chi connectivity index (χ1) is 10.2. The van der Waals surface area contributed by atoms with Gasteiger partial charge in [-0.15, -0.1) is 0 Å². The van der Waals surface area contributed by atoms with Gasteiger partial charge >= 0.3 is 0 Å². The van der Waals surface area contributed by atoms with Gasteiger partial charge in [0.1, 0.15) is 5.82 Å². The van der Waals surface area contributed by atoms with Gasteiger partial charge in [0.15, 0.2) is 0 Å². The molecule has 1 aromatic heterocycles. The summed E-state index contributed by atoms with van der Waals surface area (Å²) in [6, 6.07) is 13.0. The molecule has 0 radical (unpaired) electrons. The number of rotatable bonds is 4. The molecule has 0 spiro atoms. The summed E-state index contributed by atoms with van der Waals surface area (Å²) in [5.41, 5.74) is 2.90. The average Bonchev–Trinajstić information content (AvgIpc) is 2.86. The molecule has 21 heavy (non-hydrogen) atoms. The lowest BCUT2D eigenvalue weighted by Crippen LogP contribution is -2.05. The summed E-state index contributed by atoms with van der Waals surface area (Å²) in [6.45, 7) is 1.28. The minimum atomic E-state index is -0.229. The van der Waals surface area contributed by atoms with Crippen LogP contribution in [0.4, 0.5) is 4.39 Å². The zero-order chi connectivity index (χ0) is 14.8. The summed E-state index contributed by atoms with van der Waals surface area (Å²) in [7, 11) is 1.92. The highest BCUT2D eigenvalue weighted by atomic mass is 35.5. The molecule has 2 aromatic carbocycles. The van der Waals surface area contributed by atoms with E-state index in [0.29, 0.717) is 17.1 Å². The van der Waals surface area contributed by atoms with Crippen molar-refractivity contribution in [1.82, 2.24) is 9.88 Å². The average molecular weight is 303 g/mol. The van der Waals surface area contributed by atoms with Crippen molar-refractivity contribution in [3.63, 3.8) is 0 Å². The fourth-order valence-corrected chi connectivity index (χ4v) is 2.72. The lowest BCUT2D eigenvalue weighted by atomic mass is 10.1. The first kappa shape index (κ1) is 14.1. The number of fused-ring (bicyclic) bond motifs is 1. The van der Waals surface area contributed by atoms with Gasteiger partial charge in [-0.2, -0.15) is 0 Å². The molecule has 0 aliphatic heterocycles. The number of halogens is 2. The van der Waals surface area contributed by atoms with Gasteiger partial charge in [-0.3, -0.25) is 0 Å². The van der Waals surface area contributed by atoms with Gasteiger partial charge in [0.05, 0.1) is 6.54 Å². The van der Waals surface area contributed by atoms with E-state index in [-0.39, 0.29) is 5.82 Å². The number of nitrogens with one attached hydrogen (secondary N) is 1. The van der Waals surface area contributed by atoms with Crippen LogP contribution in [0, 0.1) is 5.82 Å². The minimum Gasteiger partial charge on any atom is -0.343 e. The van der Waals surface area contributed by atoms with Gasteiger partial charge in [0.2, 0.25) is 0 Å². The van der Waals surface area contributed by atoms with Crippen molar-refractivity contribution in [2.24, 2.45) is 0 Å². The largest absolute Gasteiger partial charge is 0.343 e. The van der Waals surface area contributed by atoms with Crippen LogP contribution in [-0.4, -0.2) is 11.6 Å². The number of aromatic nitrogens is 1. The maximum Gasteiger partial charge on any atom is 0.128 e. The standard InChI is InChI=1S/C17H16ClFN2/c1-20-10-12-2-3-13-6-7-21(17(13)8-12)11-14-9-15(18)4-5-16(14)19/h2-9,20H,10-11H2,1H3. The van der Waals surface area contributed by atoms with Crippen molar-refractivity contribution in [1.29, 1.82) is 0 Å². The van der Waals surface area contributed by atoms with E-state index >= 15 is 0 Å². The molecule has 3 rings (SSSR count). The van der Waals surface area contributed by atoms with Crippen molar-refractivity contribution >= 4 is 22.5 Å². The van der Waals surface area contributed by atoms with E-state index in [0.717, 1.165) is 17.4 Å². The lowest BCUT2D eigenvalue weighted by molar-refractivity contribution is 0.602. The molecule has 1 heterocycles. The van der Waals surface area contributed by atoms with Crippen LogP contribution in [0.25, 0.3) is 10.9 Å². The van der Waals surface area contributed by atoms with Crippen LogP contribution >= 0.6 is 11.6 Å². The van der Waals surface area contributed by atoms with E-state index in [1.165, 1.54) is 11.6 Å². The number of benzene rings is 2. The molecule has 2 nitrogen and oxygen atoms in total. The Balaban J connectivity index is 2.00. The monoisotopic (exact) mass is 302 g/mol. The van der Waals surface area contributed by atoms with Gasteiger partial charge in [0, 0.05) is 28.8 Å². The first-order valence-electron chi connectivity index (χ1n) is 6.83. The maximum atomic E-state index is 13.9. The fraction of sp³-hybridized carbons (Fsp3) is 0.176. The third-order valence-electron chi connectivity index (χ3n) is 3.57. The Bertz CT molecular complexity index is 780. The van der Waals surface area contributed by atoms with Crippen molar-refractivity contribution in [2.75, 3.05) is 7.05 Å². The van der Waals surface area contributed by atoms with Crippen LogP contribution in [0.15, 0.2) is 48.7 Å². The molecule has 0 aliphatic rings. The highest BCUT2D eigenvalue weighted by molar-refractivity contribution is 6.30. The van der Waals surface area contributed by atoms with Gasteiger partial charge < -0.3 is 9.88 Å². The SMILES string of the molecule is CNCc1ccc2ccn(Cc3cc(Cl)ccc3F)c2c1.